The predicted molar refractivity (Wildman–Crippen MR) is 63.4 cm³/mol. The van der Waals surface area contributed by atoms with Crippen molar-refractivity contribution in [2.75, 3.05) is 6.54 Å². The number of carbonyl (C=O) groups is 1. The molecule has 0 spiro atoms. The number of alkyl carbamates (subject to hydrolysis) is 1. The number of hydrogen-bond donors (Lipinski definition) is 2. The van der Waals surface area contributed by atoms with Crippen LogP contribution in [-0.4, -0.2) is 30.6 Å². The van der Waals surface area contributed by atoms with Gasteiger partial charge in [-0.2, -0.15) is 0 Å². The van der Waals surface area contributed by atoms with Crippen molar-refractivity contribution in [1.29, 1.82) is 0 Å². The zero-order chi connectivity index (χ0) is 12.2. The molecule has 0 bridgehead atoms. The molecule has 0 aromatic carbocycles. The number of nitrogens with two attached hydrogens (primary N) is 1. The Morgan fingerprint density at radius 2 is 2.38 bits per heavy atom. The largest absolute Gasteiger partial charge is 0.444 e. The monoisotopic (exact) mass is 225 g/mol. The van der Waals surface area contributed by atoms with Gasteiger partial charge in [0.25, 0.3) is 0 Å². The summed E-state index contributed by atoms with van der Waals surface area (Å²) in [6, 6.07) is 0. The molecule has 16 heavy (non-hydrogen) atoms. The number of aliphatic imine (C=N–C) groups is 1. The van der Waals surface area contributed by atoms with Crippen molar-refractivity contribution in [1.82, 2.24) is 5.32 Å². The van der Waals surface area contributed by atoms with Gasteiger partial charge in [-0.1, -0.05) is 6.08 Å². The normalized spacial score (nSPS) is 20.2. The molecule has 1 aliphatic heterocycles. The van der Waals surface area contributed by atoms with Crippen LogP contribution in [0.4, 0.5) is 4.79 Å². The number of hydrogen-bond acceptors (Lipinski definition) is 4. The Hall–Kier alpha value is -1.36. The molecule has 1 amide bonds. The number of carbonyl (C=O) groups excluding carboxylic acids is 1. The lowest BCUT2D eigenvalue weighted by molar-refractivity contribution is 0.0506. The van der Waals surface area contributed by atoms with Crippen LogP contribution >= 0.6 is 0 Å². The lowest BCUT2D eigenvalue weighted by Gasteiger charge is -2.22. The van der Waals surface area contributed by atoms with E-state index in [1.54, 1.807) is 6.21 Å². The van der Waals surface area contributed by atoms with Crippen molar-refractivity contribution < 1.29 is 9.53 Å². The number of amides is 1. The Labute approximate surface area is 95.8 Å². The summed E-state index contributed by atoms with van der Waals surface area (Å²) in [6.07, 6.45) is 3.62. The molecule has 0 saturated carbocycles. The second-order valence-electron chi connectivity index (χ2n) is 4.66. The minimum atomic E-state index is -0.485. The molecule has 1 atom stereocenters. The first-order valence-corrected chi connectivity index (χ1v) is 5.32. The van der Waals surface area contributed by atoms with Crippen LogP contribution in [0, 0.1) is 0 Å². The van der Waals surface area contributed by atoms with Gasteiger partial charge in [0, 0.05) is 19.2 Å². The van der Waals surface area contributed by atoms with Crippen molar-refractivity contribution in [2.45, 2.75) is 39.0 Å². The summed E-state index contributed by atoms with van der Waals surface area (Å²) in [5.41, 5.74) is 5.96. The van der Waals surface area contributed by atoms with E-state index in [0.717, 1.165) is 5.57 Å². The van der Waals surface area contributed by atoms with Gasteiger partial charge in [-0.15, -0.1) is 0 Å². The van der Waals surface area contributed by atoms with Gasteiger partial charge >= 0.3 is 6.09 Å². The van der Waals surface area contributed by atoms with Crippen LogP contribution in [0.25, 0.3) is 0 Å². The lowest BCUT2D eigenvalue weighted by atomic mass is 10.1. The number of nitrogens with one attached hydrogen (secondary N) is 1. The van der Waals surface area contributed by atoms with Gasteiger partial charge in [-0.3, -0.25) is 10.3 Å². The van der Waals surface area contributed by atoms with Crippen LogP contribution in [-0.2, 0) is 4.74 Å². The highest BCUT2D eigenvalue weighted by Crippen LogP contribution is 2.09. The first-order chi connectivity index (χ1) is 7.40. The fourth-order valence-electron chi connectivity index (χ4n) is 1.24. The quantitative estimate of drug-likeness (QED) is 0.741. The SMILES string of the molecule is CC(C)(C)OC(=O)NC1CC=C(CN)C=N1. The van der Waals surface area contributed by atoms with Crippen molar-refractivity contribution >= 4 is 12.3 Å². The summed E-state index contributed by atoms with van der Waals surface area (Å²) in [4.78, 5) is 15.6. The summed E-state index contributed by atoms with van der Waals surface area (Å²) in [5, 5.41) is 2.68. The third kappa shape index (κ3) is 4.44. The van der Waals surface area contributed by atoms with Crippen LogP contribution in [0.1, 0.15) is 27.2 Å². The van der Waals surface area contributed by atoms with E-state index in [0.29, 0.717) is 13.0 Å². The molecule has 1 unspecified atom stereocenters. The Balaban J connectivity index is 2.38. The zero-order valence-corrected chi connectivity index (χ0v) is 9.99. The maximum Gasteiger partial charge on any atom is 0.409 e. The zero-order valence-electron chi connectivity index (χ0n) is 9.99. The van der Waals surface area contributed by atoms with Gasteiger partial charge in [0.2, 0.25) is 0 Å². The second-order valence-corrected chi connectivity index (χ2v) is 4.66. The molecule has 3 N–H and O–H groups in total. The molecule has 0 aromatic heterocycles. The Kier molecular flexibility index (Phi) is 4.06. The number of dihydropyridines is 1. The molecule has 1 aliphatic rings. The summed E-state index contributed by atoms with van der Waals surface area (Å²) in [6.45, 7) is 5.94. The Morgan fingerprint density at radius 1 is 1.69 bits per heavy atom. The van der Waals surface area contributed by atoms with E-state index in [2.05, 4.69) is 10.3 Å². The Morgan fingerprint density at radius 3 is 2.81 bits per heavy atom. The van der Waals surface area contributed by atoms with Gasteiger partial charge in [-0.25, -0.2) is 4.79 Å². The van der Waals surface area contributed by atoms with E-state index < -0.39 is 11.7 Å². The van der Waals surface area contributed by atoms with Gasteiger partial charge in [0.05, 0.1) is 0 Å². The molecule has 1 rings (SSSR count). The van der Waals surface area contributed by atoms with Crippen LogP contribution < -0.4 is 11.1 Å². The average Bonchev–Trinajstić information content (AvgIpc) is 2.16. The number of nitrogens with zero attached hydrogens (tertiary/aromatic N) is 1. The van der Waals surface area contributed by atoms with Crippen molar-refractivity contribution in [3.8, 4) is 0 Å². The predicted octanol–water partition coefficient (Wildman–Crippen LogP) is 1.20. The second kappa shape index (κ2) is 5.12. The van der Waals surface area contributed by atoms with E-state index >= 15 is 0 Å². The molecule has 90 valence electrons. The molecule has 5 heteroatoms. The first kappa shape index (κ1) is 12.7. The maximum atomic E-state index is 11.4. The van der Waals surface area contributed by atoms with Gasteiger partial charge in [-0.05, 0) is 26.3 Å². The Bertz CT molecular complexity index is 316. The van der Waals surface area contributed by atoms with E-state index in [4.69, 9.17) is 10.5 Å². The molecule has 0 aliphatic carbocycles. The number of rotatable bonds is 2. The van der Waals surface area contributed by atoms with Crippen molar-refractivity contribution in [2.24, 2.45) is 10.7 Å². The van der Waals surface area contributed by atoms with Crippen molar-refractivity contribution in [3.63, 3.8) is 0 Å². The third-order valence-electron chi connectivity index (χ3n) is 1.94. The smallest absolute Gasteiger partial charge is 0.409 e. The van der Waals surface area contributed by atoms with Gasteiger partial charge < -0.3 is 10.5 Å². The minimum Gasteiger partial charge on any atom is -0.444 e. The van der Waals surface area contributed by atoms with Gasteiger partial charge in [0.1, 0.15) is 11.8 Å². The molecule has 0 aromatic rings. The molecular formula is C11H19N3O2. The van der Waals surface area contributed by atoms with Crippen molar-refractivity contribution in [3.05, 3.63) is 11.6 Å². The molecule has 1 heterocycles. The molecular weight excluding hydrogens is 206 g/mol. The molecule has 0 fully saturated rings. The topological polar surface area (TPSA) is 76.7 Å². The van der Waals surface area contributed by atoms with E-state index in [1.807, 2.05) is 26.8 Å². The fourth-order valence-corrected chi connectivity index (χ4v) is 1.24. The molecule has 5 nitrogen and oxygen atoms in total. The third-order valence-corrected chi connectivity index (χ3v) is 1.94. The lowest BCUT2D eigenvalue weighted by Crippen LogP contribution is -2.38. The average molecular weight is 225 g/mol. The van der Waals surface area contributed by atoms with E-state index in [9.17, 15) is 4.79 Å². The highest BCUT2D eigenvalue weighted by molar-refractivity contribution is 5.80. The minimum absolute atomic E-state index is 0.245. The summed E-state index contributed by atoms with van der Waals surface area (Å²) in [7, 11) is 0. The highest BCUT2D eigenvalue weighted by Gasteiger charge is 2.19. The summed E-state index contributed by atoms with van der Waals surface area (Å²) >= 11 is 0. The number of ether oxygens (including phenoxy) is 1. The molecule has 0 saturated heterocycles. The summed E-state index contributed by atoms with van der Waals surface area (Å²) in [5.74, 6) is 0. The van der Waals surface area contributed by atoms with Crippen LogP contribution in [0.2, 0.25) is 0 Å². The van der Waals surface area contributed by atoms with E-state index in [1.165, 1.54) is 0 Å². The first-order valence-electron chi connectivity index (χ1n) is 5.32. The summed E-state index contributed by atoms with van der Waals surface area (Å²) < 4.78 is 5.12. The molecule has 0 radical (unpaired) electrons. The highest BCUT2D eigenvalue weighted by atomic mass is 16.6. The van der Waals surface area contributed by atoms with Gasteiger partial charge in [0.15, 0.2) is 0 Å². The van der Waals surface area contributed by atoms with Crippen LogP contribution in [0.5, 0.6) is 0 Å². The fraction of sp³-hybridized carbons (Fsp3) is 0.636. The van der Waals surface area contributed by atoms with E-state index in [-0.39, 0.29) is 6.17 Å². The van der Waals surface area contributed by atoms with Crippen LogP contribution in [0.3, 0.4) is 0 Å². The van der Waals surface area contributed by atoms with Crippen LogP contribution in [0.15, 0.2) is 16.6 Å². The maximum absolute atomic E-state index is 11.4. The standard InChI is InChI=1S/C11H19N3O2/c1-11(2,3)16-10(15)14-9-5-4-8(6-12)7-13-9/h4,7,9H,5-6,12H2,1-3H3,(H,14,15).